The van der Waals surface area contributed by atoms with Gasteiger partial charge >= 0.3 is 6.09 Å². The SMILES string of the molecule is CCOc1ccccc1-c1csc(NC(=O)Oc2ccccc2)n1. The van der Waals surface area contributed by atoms with E-state index in [0.717, 1.165) is 17.0 Å². The van der Waals surface area contributed by atoms with Gasteiger partial charge in [0.05, 0.1) is 12.3 Å². The fourth-order valence-electron chi connectivity index (χ4n) is 2.12. The quantitative estimate of drug-likeness (QED) is 0.723. The summed E-state index contributed by atoms with van der Waals surface area (Å²) in [7, 11) is 0. The number of thiazole rings is 1. The van der Waals surface area contributed by atoms with E-state index < -0.39 is 6.09 Å². The Kier molecular flexibility index (Phi) is 5.08. The van der Waals surface area contributed by atoms with Gasteiger partial charge in [-0.25, -0.2) is 9.78 Å². The van der Waals surface area contributed by atoms with Crippen molar-refractivity contribution in [1.29, 1.82) is 0 Å². The van der Waals surface area contributed by atoms with E-state index in [1.54, 1.807) is 24.3 Å². The number of carbonyl (C=O) groups excluding carboxylic acids is 1. The second-order valence-electron chi connectivity index (χ2n) is 4.79. The lowest BCUT2D eigenvalue weighted by molar-refractivity contribution is 0.215. The van der Waals surface area contributed by atoms with E-state index in [1.807, 2.05) is 42.6 Å². The number of benzene rings is 2. The van der Waals surface area contributed by atoms with Crippen LogP contribution in [0, 0.1) is 0 Å². The number of amides is 1. The fourth-order valence-corrected chi connectivity index (χ4v) is 2.82. The van der Waals surface area contributed by atoms with E-state index in [2.05, 4.69) is 10.3 Å². The predicted octanol–water partition coefficient (Wildman–Crippen LogP) is 4.82. The summed E-state index contributed by atoms with van der Waals surface area (Å²) in [6.45, 7) is 2.51. The molecule has 6 heteroatoms. The third-order valence-corrected chi connectivity index (χ3v) is 3.89. The Morgan fingerprint density at radius 2 is 1.88 bits per heavy atom. The number of ether oxygens (including phenoxy) is 2. The average Bonchev–Trinajstić information content (AvgIpc) is 3.04. The number of hydrogen-bond acceptors (Lipinski definition) is 5. The van der Waals surface area contributed by atoms with Gasteiger partial charge in [0.15, 0.2) is 5.13 Å². The van der Waals surface area contributed by atoms with Crippen molar-refractivity contribution in [1.82, 2.24) is 4.98 Å². The molecule has 1 N–H and O–H groups in total. The van der Waals surface area contributed by atoms with Crippen molar-refractivity contribution in [2.75, 3.05) is 11.9 Å². The highest BCUT2D eigenvalue weighted by Gasteiger charge is 2.12. The minimum atomic E-state index is -0.569. The summed E-state index contributed by atoms with van der Waals surface area (Å²) in [5, 5.41) is 4.98. The van der Waals surface area contributed by atoms with Gasteiger partial charge in [0.2, 0.25) is 0 Å². The molecule has 0 fully saturated rings. The molecular weight excluding hydrogens is 324 g/mol. The molecule has 0 aliphatic heterocycles. The number of anilines is 1. The second-order valence-corrected chi connectivity index (χ2v) is 5.65. The summed E-state index contributed by atoms with van der Waals surface area (Å²) in [5.74, 6) is 1.25. The standard InChI is InChI=1S/C18H16N2O3S/c1-2-22-16-11-7-6-10-14(16)15-12-24-17(19-15)20-18(21)23-13-8-4-3-5-9-13/h3-12H,2H2,1H3,(H,19,20,21). The lowest BCUT2D eigenvalue weighted by atomic mass is 10.1. The maximum absolute atomic E-state index is 11.9. The van der Waals surface area contributed by atoms with E-state index in [-0.39, 0.29) is 0 Å². The van der Waals surface area contributed by atoms with Gasteiger partial charge < -0.3 is 9.47 Å². The zero-order valence-corrected chi connectivity index (χ0v) is 13.9. The number of para-hydroxylation sites is 2. The topological polar surface area (TPSA) is 60.5 Å². The molecule has 0 aliphatic carbocycles. The Labute approximate surface area is 143 Å². The Morgan fingerprint density at radius 1 is 1.12 bits per heavy atom. The smallest absolute Gasteiger partial charge is 0.418 e. The van der Waals surface area contributed by atoms with Crippen LogP contribution in [0.2, 0.25) is 0 Å². The Balaban J connectivity index is 1.71. The maximum Gasteiger partial charge on any atom is 0.418 e. The molecule has 3 rings (SSSR count). The van der Waals surface area contributed by atoms with Crippen molar-refractivity contribution >= 4 is 22.6 Å². The van der Waals surface area contributed by atoms with Gasteiger partial charge in [0, 0.05) is 10.9 Å². The second kappa shape index (κ2) is 7.61. The molecule has 1 aromatic heterocycles. The Morgan fingerprint density at radius 3 is 2.67 bits per heavy atom. The number of nitrogens with one attached hydrogen (secondary N) is 1. The van der Waals surface area contributed by atoms with Crippen molar-refractivity contribution in [2.45, 2.75) is 6.92 Å². The summed E-state index contributed by atoms with van der Waals surface area (Å²) >= 11 is 1.33. The molecule has 0 bridgehead atoms. The molecule has 24 heavy (non-hydrogen) atoms. The first kappa shape index (κ1) is 16.0. The molecule has 3 aromatic rings. The predicted molar refractivity (Wildman–Crippen MR) is 94.8 cm³/mol. The van der Waals surface area contributed by atoms with E-state index in [9.17, 15) is 4.79 Å². The first-order valence-electron chi connectivity index (χ1n) is 7.48. The van der Waals surface area contributed by atoms with Crippen LogP contribution in [-0.2, 0) is 0 Å². The van der Waals surface area contributed by atoms with Crippen molar-refractivity contribution < 1.29 is 14.3 Å². The zero-order chi connectivity index (χ0) is 16.8. The molecule has 5 nitrogen and oxygen atoms in total. The molecule has 0 radical (unpaired) electrons. The van der Waals surface area contributed by atoms with Gasteiger partial charge in [-0.1, -0.05) is 30.3 Å². The van der Waals surface area contributed by atoms with Gasteiger partial charge in [0.1, 0.15) is 11.5 Å². The summed E-state index contributed by atoms with van der Waals surface area (Å²) in [5.41, 5.74) is 1.64. The van der Waals surface area contributed by atoms with E-state index >= 15 is 0 Å². The minimum Gasteiger partial charge on any atom is -0.493 e. The molecule has 1 heterocycles. The van der Waals surface area contributed by atoms with Crippen molar-refractivity contribution in [2.24, 2.45) is 0 Å². The lowest BCUT2D eigenvalue weighted by Crippen LogP contribution is -2.16. The van der Waals surface area contributed by atoms with Crippen LogP contribution in [0.3, 0.4) is 0 Å². The number of carbonyl (C=O) groups is 1. The minimum absolute atomic E-state index is 0.470. The highest BCUT2D eigenvalue weighted by Crippen LogP contribution is 2.32. The number of nitrogens with zero attached hydrogens (tertiary/aromatic N) is 1. The summed E-state index contributed by atoms with van der Waals surface area (Å²) in [6, 6.07) is 16.6. The molecule has 0 aliphatic rings. The van der Waals surface area contributed by atoms with E-state index in [4.69, 9.17) is 9.47 Å². The van der Waals surface area contributed by atoms with Gasteiger partial charge in [-0.3, -0.25) is 5.32 Å². The largest absolute Gasteiger partial charge is 0.493 e. The van der Waals surface area contributed by atoms with Crippen molar-refractivity contribution in [3.8, 4) is 22.8 Å². The summed E-state index contributed by atoms with van der Waals surface area (Å²) < 4.78 is 10.8. The molecular formula is C18H16N2O3S. The molecule has 0 saturated carbocycles. The van der Waals surface area contributed by atoms with Gasteiger partial charge in [-0.05, 0) is 31.2 Å². The van der Waals surface area contributed by atoms with Crippen LogP contribution < -0.4 is 14.8 Å². The van der Waals surface area contributed by atoms with Gasteiger partial charge in [-0.2, -0.15) is 0 Å². The monoisotopic (exact) mass is 340 g/mol. The van der Waals surface area contributed by atoms with Crippen LogP contribution >= 0.6 is 11.3 Å². The average molecular weight is 340 g/mol. The van der Waals surface area contributed by atoms with E-state index in [0.29, 0.717) is 17.5 Å². The van der Waals surface area contributed by atoms with Crippen molar-refractivity contribution in [3.05, 3.63) is 60.0 Å². The molecule has 0 saturated heterocycles. The molecule has 0 atom stereocenters. The van der Waals surface area contributed by atoms with Crippen LogP contribution in [0.1, 0.15) is 6.92 Å². The summed E-state index contributed by atoms with van der Waals surface area (Å²) in [4.78, 5) is 16.3. The fraction of sp³-hybridized carbons (Fsp3) is 0.111. The number of aromatic nitrogens is 1. The molecule has 1 amide bonds. The van der Waals surface area contributed by atoms with Crippen LogP contribution in [0.15, 0.2) is 60.0 Å². The highest BCUT2D eigenvalue weighted by molar-refractivity contribution is 7.14. The number of rotatable bonds is 5. The van der Waals surface area contributed by atoms with Gasteiger partial charge in [-0.15, -0.1) is 11.3 Å². The van der Waals surface area contributed by atoms with Crippen molar-refractivity contribution in [3.63, 3.8) is 0 Å². The first-order chi connectivity index (χ1) is 11.8. The van der Waals surface area contributed by atoms with Gasteiger partial charge in [0.25, 0.3) is 0 Å². The highest BCUT2D eigenvalue weighted by atomic mass is 32.1. The zero-order valence-electron chi connectivity index (χ0n) is 13.1. The van der Waals surface area contributed by atoms with Crippen LogP contribution in [0.25, 0.3) is 11.3 Å². The van der Waals surface area contributed by atoms with Crippen LogP contribution in [-0.4, -0.2) is 17.7 Å². The molecule has 2 aromatic carbocycles. The Bertz CT molecular complexity index is 818. The van der Waals surface area contributed by atoms with E-state index in [1.165, 1.54) is 11.3 Å². The lowest BCUT2D eigenvalue weighted by Gasteiger charge is -2.07. The van der Waals surface area contributed by atoms with Crippen LogP contribution in [0.5, 0.6) is 11.5 Å². The first-order valence-corrected chi connectivity index (χ1v) is 8.36. The third kappa shape index (κ3) is 3.91. The molecule has 0 unspecified atom stereocenters. The maximum atomic E-state index is 11.9. The van der Waals surface area contributed by atoms with Crippen LogP contribution in [0.4, 0.5) is 9.93 Å². The molecule has 0 spiro atoms. The molecule has 122 valence electrons. The summed E-state index contributed by atoms with van der Waals surface area (Å²) in [6.07, 6.45) is -0.569. The number of hydrogen-bond donors (Lipinski definition) is 1. The third-order valence-electron chi connectivity index (χ3n) is 3.13. The Hall–Kier alpha value is -2.86. The normalized spacial score (nSPS) is 10.2.